The Balaban J connectivity index is 1.60. The third-order valence-corrected chi connectivity index (χ3v) is 3.53. The molecular formula is C12H19N3O3S. The van der Waals surface area contributed by atoms with Crippen molar-refractivity contribution in [3.8, 4) is 0 Å². The van der Waals surface area contributed by atoms with Gasteiger partial charge in [0.15, 0.2) is 0 Å². The fourth-order valence-corrected chi connectivity index (χ4v) is 2.05. The van der Waals surface area contributed by atoms with Crippen LogP contribution in [0.2, 0.25) is 0 Å². The minimum Gasteiger partial charge on any atom is -0.496 e. The highest BCUT2D eigenvalue weighted by molar-refractivity contribution is 8.06. The third-order valence-electron chi connectivity index (χ3n) is 2.70. The number of carbonyl (C=O) groups excluding carboxylic acids is 1. The quantitative estimate of drug-likeness (QED) is 0.260. The largest absolute Gasteiger partial charge is 0.496 e. The lowest BCUT2D eigenvalue weighted by Crippen LogP contribution is -2.41. The Kier molecular flexibility index (Phi) is 5.71. The van der Waals surface area contributed by atoms with Crippen molar-refractivity contribution >= 4 is 17.7 Å². The van der Waals surface area contributed by atoms with Crippen LogP contribution in [-0.2, 0) is 14.3 Å². The average molecular weight is 285 g/mol. The molecule has 1 aliphatic heterocycles. The monoisotopic (exact) mass is 285 g/mol. The Morgan fingerprint density at radius 3 is 2.95 bits per heavy atom. The molecule has 1 saturated heterocycles. The van der Waals surface area contributed by atoms with Crippen molar-refractivity contribution in [3.63, 3.8) is 0 Å². The second-order valence-electron chi connectivity index (χ2n) is 4.12. The van der Waals surface area contributed by atoms with E-state index in [0.29, 0.717) is 23.4 Å². The van der Waals surface area contributed by atoms with E-state index in [1.54, 1.807) is 7.11 Å². The minimum absolute atomic E-state index is 0.206. The lowest BCUT2D eigenvalue weighted by molar-refractivity contribution is -0.119. The molecule has 0 spiro atoms. The zero-order valence-electron chi connectivity index (χ0n) is 10.9. The van der Waals surface area contributed by atoms with E-state index in [-0.39, 0.29) is 12.6 Å². The van der Waals surface area contributed by atoms with Crippen molar-refractivity contribution < 1.29 is 14.3 Å². The zero-order valence-corrected chi connectivity index (χ0v) is 11.7. The molecule has 6 nitrogen and oxygen atoms in total. The first-order valence-corrected chi connectivity index (χ1v) is 7.26. The van der Waals surface area contributed by atoms with Gasteiger partial charge in [-0.2, -0.15) is 0 Å². The van der Waals surface area contributed by atoms with Crippen LogP contribution in [0.3, 0.4) is 0 Å². The van der Waals surface area contributed by atoms with E-state index >= 15 is 0 Å². The number of amides is 1. The first kappa shape index (κ1) is 14.4. The smallest absolute Gasteiger partial charge is 0.268 e. The molecule has 2 rings (SSSR count). The normalized spacial score (nSPS) is 21.4. The van der Waals surface area contributed by atoms with Crippen LogP contribution in [-0.4, -0.2) is 37.6 Å². The van der Waals surface area contributed by atoms with E-state index in [1.165, 1.54) is 0 Å². The van der Waals surface area contributed by atoms with Crippen molar-refractivity contribution in [3.05, 3.63) is 23.5 Å². The summed E-state index contributed by atoms with van der Waals surface area (Å²) in [5, 5.41) is 3.71. The highest BCUT2D eigenvalue weighted by Gasteiger charge is 2.20. The molecule has 1 atom stereocenters. The lowest BCUT2D eigenvalue weighted by Gasteiger charge is -2.15. The summed E-state index contributed by atoms with van der Waals surface area (Å²) in [6, 6.07) is 0. The molecular weight excluding hydrogens is 266 g/mol. The first-order chi connectivity index (χ1) is 9.31. The van der Waals surface area contributed by atoms with Crippen LogP contribution in [0.1, 0.15) is 12.8 Å². The Labute approximate surface area is 116 Å². The van der Waals surface area contributed by atoms with Crippen molar-refractivity contribution in [2.45, 2.75) is 18.2 Å². The van der Waals surface area contributed by atoms with Gasteiger partial charge in [0, 0.05) is 5.75 Å². The van der Waals surface area contributed by atoms with E-state index in [0.717, 1.165) is 18.6 Å². The van der Waals surface area contributed by atoms with E-state index in [2.05, 4.69) is 16.2 Å². The summed E-state index contributed by atoms with van der Waals surface area (Å²) in [6.45, 7) is 0.738. The summed E-state index contributed by atoms with van der Waals surface area (Å²) in [7, 11) is 1.57. The Bertz CT molecular complexity index is 380. The third kappa shape index (κ3) is 4.87. The number of methoxy groups -OCH3 is 1. The molecule has 0 radical (unpaired) electrons. The number of hydrogen-bond acceptors (Lipinski definition) is 6. The van der Waals surface area contributed by atoms with Gasteiger partial charge in [0.2, 0.25) is 0 Å². The Morgan fingerprint density at radius 1 is 1.42 bits per heavy atom. The minimum atomic E-state index is -0.206. The standard InChI is InChI=1S/C12H19N3O3S/c1-17-10-5-3-2-4-9(10)12(16)15-14-8-18-7-13-11-6-19-11/h4-5,11,13-14H,2-3,6-8H2,1H3,(H,15,16). The van der Waals surface area contributed by atoms with Gasteiger partial charge in [0.1, 0.15) is 12.5 Å². The summed E-state index contributed by atoms with van der Waals surface area (Å²) >= 11 is 1.85. The fourth-order valence-electron chi connectivity index (χ4n) is 1.65. The highest BCUT2D eigenvalue weighted by Crippen LogP contribution is 2.26. The topological polar surface area (TPSA) is 71.6 Å². The number of carbonyl (C=O) groups is 1. The molecule has 3 N–H and O–H groups in total. The van der Waals surface area contributed by atoms with Crippen LogP contribution in [0.25, 0.3) is 0 Å². The molecule has 1 amide bonds. The molecule has 7 heteroatoms. The molecule has 0 aromatic heterocycles. The van der Waals surface area contributed by atoms with Crippen molar-refractivity contribution in [1.29, 1.82) is 0 Å². The molecule has 1 unspecified atom stereocenters. The van der Waals surface area contributed by atoms with Crippen LogP contribution in [0.4, 0.5) is 0 Å². The molecule has 1 heterocycles. The van der Waals surface area contributed by atoms with Gasteiger partial charge in [0.25, 0.3) is 5.91 Å². The van der Waals surface area contributed by atoms with Crippen LogP contribution < -0.4 is 16.2 Å². The van der Waals surface area contributed by atoms with Crippen LogP contribution >= 0.6 is 11.8 Å². The lowest BCUT2D eigenvalue weighted by atomic mass is 10.0. The van der Waals surface area contributed by atoms with Crippen molar-refractivity contribution in [2.24, 2.45) is 0 Å². The summed E-state index contributed by atoms with van der Waals surface area (Å²) < 4.78 is 10.4. The molecule has 0 aromatic carbocycles. The second-order valence-corrected chi connectivity index (χ2v) is 5.35. The fraction of sp³-hybridized carbons (Fsp3) is 0.583. The first-order valence-electron chi connectivity index (χ1n) is 6.22. The summed E-state index contributed by atoms with van der Waals surface area (Å²) in [6.07, 6.45) is 5.56. The molecule has 2 aliphatic rings. The van der Waals surface area contributed by atoms with Gasteiger partial charge in [-0.05, 0) is 18.9 Å². The number of ether oxygens (including phenoxy) is 2. The Hall–Kier alpha value is -1.02. The summed E-state index contributed by atoms with van der Waals surface area (Å²) in [5.74, 6) is 1.56. The van der Waals surface area contributed by atoms with Crippen molar-refractivity contribution in [1.82, 2.24) is 16.2 Å². The van der Waals surface area contributed by atoms with Gasteiger partial charge in [-0.15, -0.1) is 11.8 Å². The maximum Gasteiger partial charge on any atom is 0.268 e. The van der Waals surface area contributed by atoms with Gasteiger partial charge < -0.3 is 9.47 Å². The van der Waals surface area contributed by atoms with Crippen LogP contribution in [0, 0.1) is 0 Å². The average Bonchev–Trinajstić information content (AvgIpc) is 3.26. The molecule has 0 aromatic rings. The number of allylic oxidation sites excluding steroid dienone is 2. The van der Waals surface area contributed by atoms with E-state index < -0.39 is 0 Å². The predicted molar refractivity (Wildman–Crippen MR) is 73.9 cm³/mol. The molecule has 1 aliphatic carbocycles. The highest BCUT2D eigenvalue weighted by atomic mass is 32.2. The van der Waals surface area contributed by atoms with Crippen LogP contribution in [0.5, 0.6) is 0 Å². The number of nitrogens with one attached hydrogen (secondary N) is 3. The van der Waals surface area contributed by atoms with Crippen LogP contribution in [0.15, 0.2) is 23.5 Å². The van der Waals surface area contributed by atoms with Gasteiger partial charge >= 0.3 is 0 Å². The number of hydrazine groups is 1. The molecule has 106 valence electrons. The number of thioether (sulfide) groups is 1. The molecule has 1 fully saturated rings. The molecule has 19 heavy (non-hydrogen) atoms. The van der Waals surface area contributed by atoms with E-state index in [1.807, 2.05) is 23.9 Å². The Morgan fingerprint density at radius 2 is 2.21 bits per heavy atom. The van der Waals surface area contributed by atoms with E-state index in [4.69, 9.17) is 9.47 Å². The predicted octanol–water partition coefficient (Wildman–Crippen LogP) is 0.452. The maximum atomic E-state index is 11.9. The van der Waals surface area contributed by atoms with E-state index in [9.17, 15) is 4.79 Å². The van der Waals surface area contributed by atoms with Gasteiger partial charge in [-0.1, -0.05) is 6.08 Å². The van der Waals surface area contributed by atoms with Gasteiger partial charge in [-0.25, -0.2) is 5.43 Å². The number of rotatable bonds is 8. The molecule has 0 saturated carbocycles. The summed E-state index contributed by atoms with van der Waals surface area (Å²) in [4.78, 5) is 11.9. The summed E-state index contributed by atoms with van der Waals surface area (Å²) in [5.41, 5.74) is 5.88. The van der Waals surface area contributed by atoms with Gasteiger partial charge in [0.05, 0.1) is 24.8 Å². The second kappa shape index (κ2) is 7.54. The van der Waals surface area contributed by atoms with Gasteiger partial charge in [-0.3, -0.25) is 15.5 Å². The molecule has 0 bridgehead atoms. The SMILES string of the molecule is COC1=CCCC=C1C(=O)NNCOCNC1CS1. The van der Waals surface area contributed by atoms with Crippen molar-refractivity contribution in [2.75, 3.05) is 26.3 Å². The zero-order chi connectivity index (χ0) is 13.5. The number of hydrogen-bond donors (Lipinski definition) is 3. The maximum absolute atomic E-state index is 11.9.